The van der Waals surface area contributed by atoms with Crippen molar-refractivity contribution in [3.8, 4) is 0 Å². The molecule has 1 saturated heterocycles. The van der Waals surface area contributed by atoms with E-state index in [0.29, 0.717) is 36.3 Å². The van der Waals surface area contributed by atoms with Crippen LogP contribution in [0.2, 0.25) is 0 Å². The van der Waals surface area contributed by atoms with Crippen LogP contribution in [0.1, 0.15) is 23.4 Å². The summed E-state index contributed by atoms with van der Waals surface area (Å²) in [6.07, 6.45) is 1.47. The molecule has 3 aromatic rings. The molecule has 1 aliphatic rings. The number of benzene rings is 2. The van der Waals surface area contributed by atoms with Gasteiger partial charge in [0.2, 0.25) is 0 Å². The van der Waals surface area contributed by atoms with Crippen molar-refractivity contribution in [3.63, 3.8) is 0 Å². The molecule has 7 nitrogen and oxygen atoms in total. The Balaban J connectivity index is 1.27. The van der Waals surface area contributed by atoms with Crippen molar-refractivity contribution in [1.82, 2.24) is 10.2 Å². The van der Waals surface area contributed by atoms with Crippen LogP contribution in [0, 0.1) is 11.7 Å². The summed E-state index contributed by atoms with van der Waals surface area (Å²) >= 11 is 0. The van der Waals surface area contributed by atoms with Crippen LogP contribution in [0.3, 0.4) is 0 Å². The van der Waals surface area contributed by atoms with E-state index in [4.69, 9.17) is 4.42 Å². The summed E-state index contributed by atoms with van der Waals surface area (Å²) in [5, 5.41) is 6.01. The lowest BCUT2D eigenvalue weighted by Crippen LogP contribution is -2.43. The Labute approximate surface area is 177 Å². The smallest absolute Gasteiger partial charge is 0.321 e. The number of carbonyl (C=O) groups excluding carboxylic acids is 2. The highest BCUT2D eigenvalue weighted by molar-refractivity contribution is 5.93. The van der Waals surface area contributed by atoms with E-state index in [1.165, 1.54) is 30.3 Å². The van der Waals surface area contributed by atoms with Gasteiger partial charge in [-0.1, -0.05) is 12.1 Å². The molecule has 2 N–H and O–H groups in total. The van der Waals surface area contributed by atoms with Gasteiger partial charge in [-0.15, -0.1) is 0 Å². The van der Waals surface area contributed by atoms with E-state index >= 15 is 0 Å². The number of likely N-dealkylation sites (tertiary alicyclic amines) is 1. The van der Waals surface area contributed by atoms with Gasteiger partial charge in [0.1, 0.15) is 11.4 Å². The van der Waals surface area contributed by atoms with Gasteiger partial charge in [-0.05, 0) is 55.2 Å². The van der Waals surface area contributed by atoms with Gasteiger partial charge in [0.25, 0.3) is 5.91 Å². The maximum atomic E-state index is 13.0. The van der Waals surface area contributed by atoms with Crippen molar-refractivity contribution >= 4 is 28.6 Å². The van der Waals surface area contributed by atoms with E-state index in [9.17, 15) is 18.8 Å². The highest BCUT2D eigenvalue weighted by Gasteiger charge is 2.24. The molecule has 0 aliphatic carbocycles. The van der Waals surface area contributed by atoms with Crippen LogP contribution in [0.15, 0.2) is 63.8 Å². The monoisotopic (exact) mass is 423 g/mol. The average molecular weight is 423 g/mol. The molecule has 1 fully saturated rings. The maximum Gasteiger partial charge on any atom is 0.321 e. The molecule has 0 bridgehead atoms. The zero-order valence-corrected chi connectivity index (χ0v) is 16.8. The summed E-state index contributed by atoms with van der Waals surface area (Å²) in [5.41, 5.74) is 0.658. The predicted octanol–water partition coefficient (Wildman–Crippen LogP) is 3.61. The second kappa shape index (κ2) is 8.99. The molecule has 3 amide bonds. The minimum absolute atomic E-state index is 0.0141. The average Bonchev–Trinajstić information content (AvgIpc) is 2.79. The molecule has 8 heteroatoms. The van der Waals surface area contributed by atoms with Crippen LogP contribution >= 0.6 is 0 Å². The number of amides is 3. The highest BCUT2D eigenvalue weighted by atomic mass is 19.1. The molecule has 31 heavy (non-hydrogen) atoms. The zero-order chi connectivity index (χ0) is 21.8. The van der Waals surface area contributed by atoms with Gasteiger partial charge in [-0.2, -0.15) is 0 Å². The Morgan fingerprint density at radius 3 is 2.52 bits per heavy atom. The van der Waals surface area contributed by atoms with Crippen LogP contribution in [0.5, 0.6) is 0 Å². The maximum absolute atomic E-state index is 13.0. The van der Waals surface area contributed by atoms with E-state index in [1.54, 1.807) is 29.2 Å². The summed E-state index contributed by atoms with van der Waals surface area (Å²) in [6, 6.07) is 13.4. The first-order chi connectivity index (χ1) is 15.0. The van der Waals surface area contributed by atoms with Gasteiger partial charge in [-0.25, -0.2) is 9.18 Å². The quantitative estimate of drug-likeness (QED) is 0.671. The molecule has 0 radical (unpaired) electrons. The number of nitrogens with zero attached hydrogens (tertiary/aromatic N) is 1. The molecule has 2 aromatic carbocycles. The summed E-state index contributed by atoms with van der Waals surface area (Å²) in [7, 11) is 0. The molecule has 0 spiro atoms. The largest absolute Gasteiger partial charge is 0.451 e. The Bertz CT molecular complexity index is 1150. The van der Waals surface area contributed by atoms with Crippen LogP contribution in [-0.4, -0.2) is 36.5 Å². The number of piperidine rings is 1. The van der Waals surface area contributed by atoms with Crippen molar-refractivity contribution in [3.05, 3.63) is 76.4 Å². The van der Waals surface area contributed by atoms with Gasteiger partial charge in [0, 0.05) is 31.4 Å². The van der Waals surface area contributed by atoms with Crippen molar-refractivity contribution in [1.29, 1.82) is 0 Å². The first-order valence-corrected chi connectivity index (χ1v) is 10.1. The molecule has 1 aliphatic heterocycles. The minimum atomic E-state index is -0.431. The van der Waals surface area contributed by atoms with Gasteiger partial charge < -0.3 is 20.0 Å². The van der Waals surface area contributed by atoms with E-state index in [1.807, 2.05) is 0 Å². The molecular weight excluding hydrogens is 401 g/mol. The normalized spacial score (nSPS) is 14.4. The van der Waals surface area contributed by atoms with Crippen molar-refractivity contribution < 1.29 is 18.4 Å². The van der Waals surface area contributed by atoms with Gasteiger partial charge in [0.15, 0.2) is 11.2 Å². The minimum Gasteiger partial charge on any atom is -0.451 e. The number of carbonyl (C=O) groups is 2. The molecule has 0 atom stereocenters. The topological polar surface area (TPSA) is 91.7 Å². The Hall–Kier alpha value is -3.68. The highest BCUT2D eigenvalue weighted by Crippen LogP contribution is 2.18. The van der Waals surface area contributed by atoms with Gasteiger partial charge in [0.05, 0.1) is 5.39 Å². The van der Waals surface area contributed by atoms with E-state index < -0.39 is 5.91 Å². The number of nitrogens with one attached hydrogen (secondary N) is 2. The van der Waals surface area contributed by atoms with Crippen molar-refractivity contribution in [2.24, 2.45) is 5.92 Å². The first kappa shape index (κ1) is 20.6. The molecule has 0 saturated carbocycles. The Morgan fingerprint density at radius 1 is 1.06 bits per heavy atom. The number of anilines is 1. The van der Waals surface area contributed by atoms with Crippen molar-refractivity contribution in [2.45, 2.75) is 12.8 Å². The predicted molar refractivity (Wildman–Crippen MR) is 115 cm³/mol. The second-order valence-electron chi connectivity index (χ2n) is 7.55. The zero-order valence-electron chi connectivity index (χ0n) is 16.8. The number of hydrogen-bond acceptors (Lipinski definition) is 4. The van der Waals surface area contributed by atoms with E-state index in [0.717, 1.165) is 12.8 Å². The lowest BCUT2D eigenvalue weighted by atomic mass is 9.97. The third-order valence-electron chi connectivity index (χ3n) is 5.41. The summed E-state index contributed by atoms with van der Waals surface area (Å²) < 4.78 is 18.5. The van der Waals surface area contributed by atoms with E-state index in [-0.39, 0.29) is 29.0 Å². The SMILES string of the molecule is O=C(NCC1CCN(C(=O)Nc2ccc(F)cc2)CC1)c1cc(=O)c2ccccc2o1. The molecule has 1 aromatic heterocycles. The Morgan fingerprint density at radius 2 is 1.77 bits per heavy atom. The molecule has 160 valence electrons. The number of fused-ring (bicyclic) bond motifs is 1. The summed E-state index contributed by atoms with van der Waals surface area (Å²) in [5.74, 6) is -0.589. The third-order valence-corrected chi connectivity index (χ3v) is 5.41. The summed E-state index contributed by atoms with van der Waals surface area (Å²) in [4.78, 5) is 38.7. The standard InChI is InChI=1S/C23H22FN3O4/c24-16-5-7-17(8-6-16)26-23(30)27-11-9-15(10-12-27)14-25-22(29)21-13-19(28)18-3-1-2-4-20(18)31-21/h1-8,13,15H,9-12,14H2,(H,25,29)(H,26,30). The molecule has 2 heterocycles. The summed E-state index contributed by atoms with van der Waals surface area (Å²) in [6.45, 7) is 1.54. The van der Waals surface area contributed by atoms with Crippen LogP contribution < -0.4 is 16.1 Å². The molecule has 0 unspecified atom stereocenters. The first-order valence-electron chi connectivity index (χ1n) is 10.1. The fourth-order valence-electron chi connectivity index (χ4n) is 3.62. The third kappa shape index (κ3) is 4.91. The Kier molecular flexibility index (Phi) is 5.97. The fraction of sp³-hybridized carbons (Fsp3) is 0.261. The number of hydrogen-bond donors (Lipinski definition) is 2. The number of rotatable bonds is 4. The fourth-order valence-corrected chi connectivity index (χ4v) is 3.62. The van der Waals surface area contributed by atoms with Gasteiger partial charge in [-0.3, -0.25) is 9.59 Å². The van der Waals surface area contributed by atoms with Crippen molar-refractivity contribution in [2.75, 3.05) is 25.0 Å². The lowest BCUT2D eigenvalue weighted by Gasteiger charge is -2.32. The second-order valence-corrected chi connectivity index (χ2v) is 7.55. The molecular formula is C23H22FN3O4. The van der Waals surface area contributed by atoms with Crippen LogP contribution in [0.25, 0.3) is 11.0 Å². The van der Waals surface area contributed by atoms with E-state index in [2.05, 4.69) is 10.6 Å². The van der Waals surface area contributed by atoms with Gasteiger partial charge >= 0.3 is 6.03 Å². The number of urea groups is 1. The van der Waals surface area contributed by atoms with Crippen LogP contribution in [-0.2, 0) is 0 Å². The van der Waals surface area contributed by atoms with Crippen LogP contribution in [0.4, 0.5) is 14.9 Å². The lowest BCUT2D eigenvalue weighted by molar-refractivity contribution is 0.0911. The molecule has 4 rings (SSSR count). The number of halogens is 1. The number of para-hydroxylation sites is 1.